The van der Waals surface area contributed by atoms with Crippen molar-refractivity contribution in [3.8, 4) is 17.3 Å². The van der Waals surface area contributed by atoms with Crippen molar-refractivity contribution in [1.82, 2.24) is 15.1 Å². The fraction of sp³-hybridized carbons (Fsp3) is 0.400. The van der Waals surface area contributed by atoms with Gasteiger partial charge in [0, 0.05) is 25.3 Å². The molecule has 0 spiro atoms. The topological polar surface area (TPSA) is 95.6 Å². The molecule has 0 radical (unpaired) electrons. The molecule has 0 amide bonds. The number of nitrogens with two attached hydrogens (primary N) is 1. The molecule has 1 aliphatic rings. The first kappa shape index (κ1) is 25.8. The second kappa shape index (κ2) is 11.2. The van der Waals surface area contributed by atoms with Crippen LogP contribution in [0.25, 0.3) is 5.69 Å². The Labute approximate surface area is 207 Å². The van der Waals surface area contributed by atoms with Gasteiger partial charge in [0.25, 0.3) is 0 Å². The number of ether oxygens (including phenoxy) is 3. The van der Waals surface area contributed by atoms with Gasteiger partial charge in [-0.15, -0.1) is 18.3 Å². The fourth-order valence-corrected chi connectivity index (χ4v) is 4.01. The van der Waals surface area contributed by atoms with E-state index in [-0.39, 0.29) is 37.7 Å². The molecule has 1 aromatic heterocycles. The molecule has 0 aliphatic heterocycles. The van der Waals surface area contributed by atoms with E-state index in [2.05, 4.69) is 20.5 Å². The normalized spacial score (nSPS) is 17.5. The highest BCUT2D eigenvalue weighted by Gasteiger charge is 2.32. The smallest absolute Gasteiger partial charge is 0.473 e. The lowest BCUT2D eigenvalue weighted by Crippen LogP contribution is -2.43. The number of anilines is 1. The molecule has 2 aromatic carbocycles. The fourth-order valence-electron chi connectivity index (χ4n) is 4.01. The van der Waals surface area contributed by atoms with Crippen molar-refractivity contribution < 1.29 is 27.4 Å². The maximum Gasteiger partial charge on any atom is 0.573 e. The van der Waals surface area contributed by atoms with Gasteiger partial charge in [-0.1, -0.05) is 24.3 Å². The summed E-state index contributed by atoms with van der Waals surface area (Å²) in [4.78, 5) is 0. The van der Waals surface area contributed by atoms with Crippen molar-refractivity contribution in [3.05, 3.63) is 65.2 Å². The molecule has 4 rings (SSSR count). The number of methoxy groups -OCH3 is 1. The third-order valence-corrected chi connectivity index (χ3v) is 5.85. The number of nitrogens with one attached hydrogen (secondary N) is 2. The van der Waals surface area contributed by atoms with Crippen LogP contribution >= 0.6 is 0 Å². The second-order valence-corrected chi connectivity index (χ2v) is 8.70. The molecule has 1 aliphatic carbocycles. The van der Waals surface area contributed by atoms with Crippen LogP contribution < -0.4 is 25.8 Å². The van der Waals surface area contributed by atoms with Crippen molar-refractivity contribution in [2.75, 3.05) is 19.1 Å². The zero-order chi connectivity index (χ0) is 25.7. The van der Waals surface area contributed by atoms with Crippen LogP contribution in [0.3, 0.4) is 0 Å². The van der Waals surface area contributed by atoms with Gasteiger partial charge >= 0.3 is 6.36 Å². The Morgan fingerprint density at radius 2 is 1.89 bits per heavy atom. The Bertz CT molecular complexity index is 1150. The van der Waals surface area contributed by atoms with Crippen LogP contribution in [0.5, 0.6) is 11.6 Å². The molecule has 0 saturated heterocycles. The lowest BCUT2D eigenvalue weighted by Gasteiger charge is -2.31. The van der Waals surface area contributed by atoms with E-state index in [1.165, 1.54) is 13.2 Å². The molecular weight excluding hydrogens is 475 g/mol. The zero-order valence-electron chi connectivity index (χ0n) is 20.1. The highest BCUT2D eigenvalue weighted by Crippen LogP contribution is 2.32. The number of nitrogens with zero attached hydrogens (tertiary/aromatic N) is 2. The molecule has 0 unspecified atom stereocenters. The lowest BCUT2D eigenvalue weighted by molar-refractivity contribution is -0.274. The molecule has 4 N–H and O–H groups in total. The van der Waals surface area contributed by atoms with Crippen LogP contribution in [0, 0.1) is 6.92 Å². The van der Waals surface area contributed by atoms with Crippen molar-refractivity contribution in [2.24, 2.45) is 5.73 Å². The summed E-state index contributed by atoms with van der Waals surface area (Å²) in [7, 11) is 1.53. The Kier molecular flexibility index (Phi) is 8.02. The summed E-state index contributed by atoms with van der Waals surface area (Å²) in [6.45, 7) is 2.58. The summed E-state index contributed by atoms with van der Waals surface area (Å²) in [5, 5.41) is 11.1. The molecule has 11 heteroatoms. The molecule has 8 nitrogen and oxygen atoms in total. The zero-order valence-corrected chi connectivity index (χ0v) is 20.1. The maximum absolute atomic E-state index is 12.9. The number of rotatable bonds is 11. The number of benzene rings is 2. The number of para-hydroxylation sites is 1. The largest absolute Gasteiger partial charge is 0.573 e. The third kappa shape index (κ3) is 6.48. The van der Waals surface area contributed by atoms with Gasteiger partial charge in [0.05, 0.1) is 24.5 Å². The first-order valence-electron chi connectivity index (χ1n) is 11.6. The van der Waals surface area contributed by atoms with E-state index < -0.39 is 6.36 Å². The minimum atomic E-state index is -4.78. The van der Waals surface area contributed by atoms with Crippen LogP contribution in [0.2, 0.25) is 0 Å². The summed E-state index contributed by atoms with van der Waals surface area (Å²) in [6, 6.07) is 14.2. The molecule has 0 atom stereocenters. The standard InChI is InChI=1S/C25H30F3N5O3/c1-16-23(33(20-6-4-3-5-7-20)32-24(16)35-21-11-19(29)12-21)31-15-30-13-18-10-17(14-34-2)8-9-22(18)36-25(26,27)28/h3-10,19,21,30-31H,11-15,29H2,1-2H3. The van der Waals surface area contributed by atoms with Gasteiger partial charge in [-0.05, 0) is 49.6 Å². The van der Waals surface area contributed by atoms with Crippen LogP contribution in [0.4, 0.5) is 19.0 Å². The molecule has 1 saturated carbocycles. The average molecular weight is 506 g/mol. The van der Waals surface area contributed by atoms with E-state index >= 15 is 0 Å². The Balaban J connectivity index is 1.47. The summed E-state index contributed by atoms with van der Waals surface area (Å²) in [5.41, 5.74) is 8.66. The number of hydrogen-bond acceptors (Lipinski definition) is 7. The predicted octanol–water partition coefficient (Wildman–Crippen LogP) is 4.25. The average Bonchev–Trinajstić information content (AvgIpc) is 3.12. The number of alkyl halides is 3. The van der Waals surface area contributed by atoms with E-state index in [4.69, 9.17) is 15.2 Å². The molecule has 1 fully saturated rings. The van der Waals surface area contributed by atoms with E-state index in [0.717, 1.165) is 29.7 Å². The minimum Gasteiger partial charge on any atom is -0.473 e. The molecule has 0 bridgehead atoms. The molecule has 1 heterocycles. The van der Waals surface area contributed by atoms with Crippen molar-refractivity contribution in [1.29, 1.82) is 0 Å². The molecular formula is C25H30F3N5O3. The molecule has 3 aromatic rings. The highest BCUT2D eigenvalue weighted by atomic mass is 19.4. The SMILES string of the molecule is COCc1ccc(OC(F)(F)F)c(CNCNc2c(C)c(OC3CC(N)C3)nn2-c2ccccc2)c1. The maximum atomic E-state index is 12.9. The lowest BCUT2D eigenvalue weighted by atomic mass is 9.90. The summed E-state index contributed by atoms with van der Waals surface area (Å²) in [6.07, 6.45) is -3.18. The second-order valence-electron chi connectivity index (χ2n) is 8.70. The van der Waals surface area contributed by atoms with Crippen LogP contribution in [0.1, 0.15) is 29.5 Å². The highest BCUT2D eigenvalue weighted by molar-refractivity contribution is 5.55. The first-order chi connectivity index (χ1) is 17.2. The number of hydrogen-bond donors (Lipinski definition) is 3. The summed E-state index contributed by atoms with van der Waals surface area (Å²) in [5.74, 6) is 0.980. The summed E-state index contributed by atoms with van der Waals surface area (Å²) < 4.78 is 55.7. The minimum absolute atomic E-state index is 0.0372. The Morgan fingerprint density at radius 1 is 1.14 bits per heavy atom. The van der Waals surface area contributed by atoms with E-state index in [9.17, 15) is 13.2 Å². The Hall–Kier alpha value is -3.28. The Morgan fingerprint density at radius 3 is 2.56 bits per heavy atom. The summed E-state index contributed by atoms with van der Waals surface area (Å²) >= 11 is 0. The van der Waals surface area contributed by atoms with Crippen LogP contribution in [0.15, 0.2) is 48.5 Å². The van der Waals surface area contributed by atoms with Crippen LogP contribution in [-0.2, 0) is 17.9 Å². The van der Waals surface area contributed by atoms with Crippen LogP contribution in [-0.4, -0.2) is 42.1 Å². The van der Waals surface area contributed by atoms with E-state index in [1.54, 1.807) is 16.8 Å². The van der Waals surface area contributed by atoms with Gasteiger partial charge in [-0.3, -0.25) is 5.32 Å². The monoisotopic (exact) mass is 505 g/mol. The number of aromatic nitrogens is 2. The van der Waals surface area contributed by atoms with E-state index in [1.807, 2.05) is 37.3 Å². The molecule has 194 valence electrons. The van der Waals surface area contributed by atoms with Gasteiger partial charge in [0.2, 0.25) is 5.88 Å². The van der Waals surface area contributed by atoms with E-state index in [0.29, 0.717) is 17.3 Å². The van der Waals surface area contributed by atoms with Crippen molar-refractivity contribution in [3.63, 3.8) is 0 Å². The quantitative estimate of drug-likeness (QED) is 0.265. The number of halogens is 3. The van der Waals surface area contributed by atoms with Gasteiger partial charge in [0.15, 0.2) is 0 Å². The van der Waals surface area contributed by atoms with Gasteiger partial charge in [-0.25, -0.2) is 4.68 Å². The van der Waals surface area contributed by atoms with Crippen molar-refractivity contribution >= 4 is 5.82 Å². The van der Waals surface area contributed by atoms with Gasteiger partial charge in [0.1, 0.15) is 17.7 Å². The van der Waals surface area contributed by atoms with Crippen molar-refractivity contribution in [2.45, 2.75) is 51.4 Å². The van der Waals surface area contributed by atoms with Gasteiger partial charge < -0.3 is 25.3 Å². The first-order valence-corrected chi connectivity index (χ1v) is 11.6. The third-order valence-electron chi connectivity index (χ3n) is 5.85. The predicted molar refractivity (Wildman–Crippen MR) is 129 cm³/mol. The van der Waals surface area contributed by atoms with Gasteiger partial charge in [-0.2, -0.15) is 0 Å². The molecule has 36 heavy (non-hydrogen) atoms.